The van der Waals surface area contributed by atoms with Gasteiger partial charge in [0.2, 0.25) is 0 Å². The Kier molecular flexibility index (Phi) is 7.42. The Balaban J connectivity index is 2.03. The normalized spacial score (nSPS) is 15.8. The van der Waals surface area contributed by atoms with Crippen molar-refractivity contribution in [1.82, 2.24) is 0 Å². The van der Waals surface area contributed by atoms with Crippen molar-refractivity contribution in [3.05, 3.63) is 94.0 Å². The Morgan fingerprint density at radius 1 is 0.765 bits per heavy atom. The molecule has 34 heavy (non-hydrogen) atoms. The zero-order valence-electron chi connectivity index (χ0n) is 21.4. The molecule has 177 valence electrons. The van der Waals surface area contributed by atoms with Gasteiger partial charge < -0.3 is 0 Å². The van der Waals surface area contributed by atoms with E-state index in [1.54, 1.807) is 0 Å². The second-order valence-corrected chi connectivity index (χ2v) is 20.2. The van der Waals surface area contributed by atoms with Gasteiger partial charge in [-0.1, -0.05) is 0 Å². The quantitative estimate of drug-likeness (QED) is 0.293. The van der Waals surface area contributed by atoms with Crippen LogP contribution in [0.3, 0.4) is 0 Å². The summed E-state index contributed by atoms with van der Waals surface area (Å²) in [5.74, 6) is 0. The number of hydrogen-bond acceptors (Lipinski definition) is 0. The molecule has 0 heterocycles. The van der Waals surface area contributed by atoms with Crippen LogP contribution in [0, 0.1) is 0 Å². The molecule has 0 N–H and O–H groups in total. The Hall–Kier alpha value is -1.14. The fraction of sp³-hybridized carbons (Fsp3) is 0.355. The molecule has 0 fully saturated rings. The third-order valence-electron chi connectivity index (χ3n) is 6.95. The molecule has 0 saturated heterocycles. The van der Waals surface area contributed by atoms with Crippen LogP contribution in [0.5, 0.6) is 0 Å². The van der Waals surface area contributed by atoms with Gasteiger partial charge in [-0.15, -0.1) is 0 Å². The Labute approximate surface area is 221 Å². The molecule has 0 amide bonds. The number of rotatable bonds is 4. The molecule has 0 saturated carbocycles. The predicted octanol–water partition coefficient (Wildman–Crippen LogP) is 10.0. The summed E-state index contributed by atoms with van der Waals surface area (Å²) in [5.41, 5.74) is 12.1. The average Bonchev–Trinajstić information content (AvgIpc) is 3.17. The van der Waals surface area contributed by atoms with E-state index < -0.39 is 19.4 Å². The molecular formula is C31H35Cl2Zr. The molecule has 0 aromatic heterocycles. The van der Waals surface area contributed by atoms with Gasteiger partial charge in [0, 0.05) is 0 Å². The number of fused-ring (bicyclic) bond motifs is 1. The SMILES string of the molecule is CCc1ccc2c(c1-c1cc(C(C)(C)C)cc(C(C)(C)C)c1)C=C(c1ccccc1)[CH]2[Zr]([Cl])[Cl]. The van der Waals surface area contributed by atoms with Crippen LogP contribution in [0.2, 0.25) is 0 Å². The average molecular weight is 570 g/mol. The molecule has 0 nitrogen and oxygen atoms in total. The van der Waals surface area contributed by atoms with Crippen LogP contribution in [0.15, 0.2) is 60.7 Å². The molecular weight excluding hydrogens is 534 g/mol. The first-order valence-corrected chi connectivity index (χ1v) is 19.9. The zero-order chi connectivity index (χ0) is 24.8. The first kappa shape index (κ1) is 25.9. The third kappa shape index (κ3) is 5.04. The summed E-state index contributed by atoms with van der Waals surface area (Å²) in [7, 11) is 13.6. The van der Waals surface area contributed by atoms with Gasteiger partial charge in [0.05, 0.1) is 0 Å². The van der Waals surface area contributed by atoms with Crippen LogP contribution in [0.25, 0.3) is 22.8 Å². The molecule has 1 aliphatic rings. The van der Waals surface area contributed by atoms with Crippen molar-refractivity contribution in [1.29, 1.82) is 0 Å². The first-order chi connectivity index (χ1) is 15.9. The van der Waals surface area contributed by atoms with Gasteiger partial charge >= 0.3 is 223 Å². The maximum absolute atomic E-state index is 6.82. The summed E-state index contributed by atoms with van der Waals surface area (Å²) >= 11 is -2.65. The van der Waals surface area contributed by atoms with Crippen molar-refractivity contribution in [3.63, 3.8) is 0 Å². The van der Waals surface area contributed by atoms with Crippen LogP contribution < -0.4 is 0 Å². The van der Waals surface area contributed by atoms with Crippen molar-refractivity contribution in [2.45, 2.75) is 69.3 Å². The Bertz CT molecular complexity index is 1190. The molecule has 4 rings (SSSR count). The molecule has 3 heteroatoms. The van der Waals surface area contributed by atoms with Crippen LogP contribution in [0.1, 0.15) is 85.5 Å². The molecule has 3 aromatic carbocycles. The zero-order valence-corrected chi connectivity index (χ0v) is 25.4. The van der Waals surface area contributed by atoms with Gasteiger partial charge in [-0.25, -0.2) is 0 Å². The van der Waals surface area contributed by atoms with Crippen molar-refractivity contribution >= 4 is 28.7 Å². The molecule has 0 radical (unpaired) electrons. The van der Waals surface area contributed by atoms with E-state index in [9.17, 15) is 0 Å². The van der Waals surface area contributed by atoms with Crippen molar-refractivity contribution in [2.24, 2.45) is 0 Å². The molecule has 1 aliphatic carbocycles. The van der Waals surface area contributed by atoms with Gasteiger partial charge in [0.15, 0.2) is 0 Å². The van der Waals surface area contributed by atoms with Crippen LogP contribution in [0.4, 0.5) is 0 Å². The van der Waals surface area contributed by atoms with E-state index in [0.717, 1.165) is 6.42 Å². The van der Waals surface area contributed by atoms with Crippen molar-refractivity contribution in [2.75, 3.05) is 0 Å². The summed E-state index contributed by atoms with van der Waals surface area (Å²) < 4.78 is 0.153. The summed E-state index contributed by atoms with van der Waals surface area (Å²) in [6.45, 7) is 16.1. The van der Waals surface area contributed by atoms with E-state index in [0.29, 0.717) is 0 Å². The van der Waals surface area contributed by atoms with Gasteiger partial charge in [-0.05, 0) is 0 Å². The maximum atomic E-state index is 6.82. The predicted molar refractivity (Wildman–Crippen MR) is 147 cm³/mol. The van der Waals surface area contributed by atoms with Crippen molar-refractivity contribution < 1.29 is 19.4 Å². The summed E-state index contributed by atoms with van der Waals surface area (Å²) in [4.78, 5) is 0. The third-order valence-corrected chi connectivity index (χ3v) is 12.1. The molecule has 0 spiro atoms. The number of benzene rings is 3. The van der Waals surface area contributed by atoms with E-state index >= 15 is 0 Å². The number of aryl methyl sites for hydroxylation is 1. The molecule has 0 aliphatic heterocycles. The minimum atomic E-state index is -2.65. The van der Waals surface area contributed by atoms with Gasteiger partial charge in [-0.2, -0.15) is 0 Å². The Morgan fingerprint density at radius 3 is 1.85 bits per heavy atom. The fourth-order valence-electron chi connectivity index (χ4n) is 4.88. The van der Waals surface area contributed by atoms with E-state index in [1.165, 1.54) is 50.1 Å². The first-order valence-electron chi connectivity index (χ1n) is 12.2. The number of allylic oxidation sites excluding steroid dienone is 1. The van der Waals surface area contributed by atoms with Crippen LogP contribution in [-0.4, -0.2) is 0 Å². The topological polar surface area (TPSA) is 0 Å². The standard InChI is InChI=1S/C31H35.2ClH.Zr/c1-8-21-14-15-23-16-24(22-12-10-9-11-13-22)19-28(23)29(21)25-17-26(30(2,3)4)20-27(18-25)31(5,6)7;;;/h9-20H,8H2,1-7H3;2*1H;/q;;;+2/p-2. The van der Waals surface area contributed by atoms with E-state index in [4.69, 9.17) is 17.0 Å². The number of halogens is 2. The Morgan fingerprint density at radius 2 is 1.35 bits per heavy atom. The van der Waals surface area contributed by atoms with E-state index in [-0.39, 0.29) is 14.5 Å². The van der Waals surface area contributed by atoms with Gasteiger partial charge in [0.1, 0.15) is 0 Å². The second-order valence-electron chi connectivity index (χ2n) is 11.4. The van der Waals surface area contributed by atoms with Gasteiger partial charge in [-0.3, -0.25) is 0 Å². The number of hydrogen-bond donors (Lipinski definition) is 0. The van der Waals surface area contributed by atoms with E-state index in [1.807, 2.05) is 0 Å². The molecule has 1 atom stereocenters. The van der Waals surface area contributed by atoms with Crippen molar-refractivity contribution in [3.8, 4) is 11.1 Å². The van der Waals surface area contributed by atoms with Gasteiger partial charge in [0.25, 0.3) is 0 Å². The summed E-state index contributed by atoms with van der Waals surface area (Å²) in [6.07, 6.45) is 3.37. The van der Waals surface area contributed by atoms with Crippen LogP contribution >= 0.6 is 17.0 Å². The fourth-order valence-corrected chi connectivity index (χ4v) is 10.1. The minimum absolute atomic E-state index is 0.0705. The molecule has 3 aromatic rings. The second kappa shape index (κ2) is 9.73. The summed E-state index contributed by atoms with van der Waals surface area (Å²) in [6, 6.07) is 22.5. The molecule has 1 unspecified atom stereocenters. The van der Waals surface area contributed by atoms with E-state index in [2.05, 4.69) is 115 Å². The van der Waals surface area contributed by atoms with Crippen LogP contribution in [-0.2, 0) is 36.6 Å². The molecule has 0 bridgehead atoms. The monoisotopic (exact) mass is 567 g/mol. The summed E-state index contributed by atoms with van der Waals surface area (Å²) in [5, 5.41) is 0.